The number of rotatable bonds is 1. The number of benzene rings is 1. The third kappa shape index (κ3) is 1.74. The number of aromatic hydroxyl groups is 1. The first-order valence-electron chi connectivity index (χ1n) is 5.94. The highest BCUT2D eigenvalue weighted by molar-refractivity contribution is 6.34. The van der Waals surface area contributed by atoms with E-state index in [1.807, 2.05) is 0 Å². The molecule has 1 aromatic carbocycles. The van der Waals surface area contributed by atoms with Gasteiger partial charge in [-0.2, -0.15) is 0 Å². The van der Waals surface area contributed by atoms with E-state index in [-0.39, 0.29) is 16.5 Å². The fraction of sp³-hybridized carbons (Fsp3) is 0.143. The zero-order valence-electron chi connectivity index (χ0n) is 10.2. The minimum Gasteiger partial charge on any atom is -0.506 e. The van der Waals surface area contributed by atoms with Gasteiger partial charge in [0.05, 0.1) is 10.7 Å². The molecule has 1 aromatic rings. The summed E-state index contributed by atoms with van der Waals surface area (Å²) >= 11 is 5.59. The molecular weight excluding hydrogens is 285 g/mol. The van der Waals surface area contributed by atoms with Gasteiger partial charge in [0, 0.05) is 17.2 Å². The van der Waals surface area contributed by atoms with Gasteiger partial charge in [0.15, 0.2) is 0 Å². The van der Waals surface area contributed by atoms with Crippen LogP contribution in [0.25, 0.3) is 0 Å². The number of hydrogen-bond acceptors (Lipinski definition) is 3. The van der Waals surface area contributed by atoms with Gasteiger partial charge in [0.2, 0.25) is 0 Å². The molecule has 3 rings (SSSR count). The number of carbonyl (C=O) groups excluding carboxylic acids is 2. The molecule has 0 atom stereocenters. The SMILES string of the molecule is O=C1C2=C(CC=CC2)C(=O)N1c1cc(O)c(Cl)cc1F. The Morgan fingerprint density at radius 2 is 1.65 bits per heavy atom. The lowest BCUT2D eigenvalue weighted by Crippen LogP contribution is -2.32. The number of anilines is 1. The molecule has 0 unspecified atom stereocenters. The minimum atomic E-state index is -0.831. The van der Waals surface area contributed by atoms with Crippen LogP contribution in [0, 0.1) is 5.82 Å². The van der Waals surface area contributed by atoms with Crippen molar-refractivity contribution in [2.75, 3.05) is 4.90 Å². The summed E-state index contributed by atoms with van der Waals surface area (Å²) in [6.45, 7) is 0. The predicted molar refractivity (Wildman–Crippen MR) is 71.0 cm³/mol. The number of allylic oxidation sites excluding steroid dienone is 2. The van der Waals surface area contributed by atoms with Crippen LogP contribution in [0.3, 0.4) is 0 Å². The van der Waals surface area contributed by atoms with Crippen LogP contribution in [0.2, 0.25) is 5.02 Å². The zero-order chi connectivity index (χ0) is 14.4. The van der Waals surface area contributed by atoms with Gasteiger partial charge in [-0.15, -0.1) is 0 Å². The molecule has 0 bridgehead atoms. The summed E-state index contributed by atoms with van der Waals surface area (Å²) in [5.41, 5.74) is 0.481. The molecular formula is C14H9ClFNO3. The maximum Gasteiger partial charge on any atom is 0.262 e. The van der Waals surface area contributed by atoms with Gasteiger partial charge < -0.3 is 5.11 Å². The Morgan fingerprint density at radius 1 is 1.10 bits per heavy atom. The van der Waals surface area contributed by atoms with Crippen LogP contribution < -0.4 is 4.90 Å². The highest BCUT2D eigenvalue weighted by Crippen LogP contribution is 2.37. The van der Waals surface area contributed by atoms with Crippen LogP contribution in [0.1, 0.15) is 12.8 Å². The number of halogens is 2. The van der Waals surface area contributed by atoms with Crippen molar-refractivity contribution < 1.29 is 19.1 Å². The van der Waals surface area contributed by atoms with E-state index in [9.17, 15) is 19.1 Å². The number of phenols is 1. The lowest BCUT2D eigenvalue weighted by atomic mass is 9.99. The van der Waals surface area contributed by atoms with Crippen molar-refractivity contribution >= 4 is 29.1 Å². The van der Waals surface area contributed by atoms with Crippen LogP contribution in [-0.2, 0) is 9.59 Å². The Morgan fingerprint density at radius 3 is 2.20 bits per heavy atom. The summed E-state index contributed by atoms with van der Waals surface area (Å²) in [6, 6.07) is 1.86. The quantitative estimate of drug-likeness (QED) is 0.640. The van der Waals surface area contributed by atoms with Crippen molar-refractivity contribution in [2.45, 2.75) is 12.8 Å². The Kier molecular flexibility index (Phi) is 2.87. The van der Waals surface area contributed by atoms with E-state index in [1.54, 1.807) is 12.2 Å². The molecule has 2 amide bonds. The number of carbonyl (C=O) groups is 2. The van der Waals surface area contributed by atoms with Crippen molar-refractivity contribution in [2.24, 2.45) is 0 Å². The second-order valence-electron chi connectivity index (χ2n) is 4.54. The maximum absolute atomic E-state index is 13.9. The van der Waals surface area contributed by atoms with Gasteiger partial charge in [-0.1, -0.05) is 23.8 Å². The molecule has 4 nitrogen and oxygen atoms in total. The van der Waals surface area contributed by atoms with E-state index in [2.05, 4.69) is 0 Å². The van der Waals surface area contributed by atoms with Gasteiger partial charge >= 0.3 is 0 Å². The lowest BCUT2D eigenvalue weighted by molar-refractivity contribution is -0.120. The predicted octanol–water partition coefficient (Wildman–Crippen LogP) is 2.70. The molecule has 0 aromatic heterocycles. The molecule has 1 heterocycles. The molecule has 1 N–H and O–H groups in total. The standard InChI is InChI=1S/C14H9ClFNO3/c15-9-5-10(16)11(6-12(9)18)17-13(19)7-3-1-2-4-8(7)14(17)20/h1-2,5-6,18H,3-4H2. The molecule has 0 saturated heterocycles. The van der Waals surface area contributed by atoms with Gasteiger partial charge in [-0.05, 0) is 18.9 Å². The second kappa shape index (κ2) is 4.45. The third-order valence-electron chi connectivity index (χ3n) is 3.35. The monoisotopic (exact) mass is 293 g/mol. The smallest absolute Gasteiger partial charge is 0.262 e. The van der Waals surface area contributed by atoms with Crippen molar-refractivity contribution in [3.8, 4) is 5.75 Å². The van der Waals surface area contributed by atoms with E-state index in [0.29, 0.717) is 24.0 Å². The third-order valence-corrected chi connectivity index (χ3v) is 3.66. The molecule has 1 aliphatic carbocycles. The van der Waals surface area contributed by atoms with Crippen molar-refractivity contribution in [3.63, 3.8) is 0 Å². The molecule has 102 valence electrons. The first-order valence-corrected chi connectivity index (χ1v) is 6.32. The van der Waals surface area contributed by atoms with E-state index in [1.165, 1.54) is 0 Å². The molecule has 6 heteroatoms. The summed E-state index contributed by atoms with van der Waals surface area (Å²) in [6.07, 6.45) is 4.31. The van der Waals surface area contributed by atoms with Crippen molar-refractivity contribution in [1.82, 2.24) is 0 Å². The Balaban J connectivity index is 2.07. The van der Waals surface area contributed by atoms with Gasteiger partial charge in [0.1, 0.15) is 11.6 Å². The summed E-state index contributed by atoms with van der Waals surface area (Å²) in [5, 5.41) is 9.37. The first kappa shape index (κ1) is 12.9. The van der Waals surface area contributed by atoms with Gasteiger partial charge in [0.25, 0.3) is 11.8 Å². The molecule has 0 fully saturated rings. The van der Waals surface area contributed by atoms with E-state index < -0.39 is 17.6 Å². The highest BCUT2D eigenvalue weighted by Gasteiger charge is 2.40. The Hall–Kier alpha value is -2.14. The summed E-state index contributed by atoms with van der Waals surface area (Å²) in [7, 11) is 0. The van der Waals surface area contributed by atoms with Gasteiger partial charge in [-0.3, -0.25) is 9.59 Å². The van der Waals surface area contributed by atoms with E-state index in [0.717, 1.165) is 17.0 Å². The molecule has 2 aliphatic rings. The van der Waals surface area contributed by atoms with E-state index in [4.69, 9.17) is 11.6 Å². The molecule has 0 radical (unpaired) electrons. The summed E-state index contributed by atoms with van der Waals surface area (Å²) < 4.78 is 13.9. The number of amides is 2. The Labute approximate surface area is 118 Å². The molecule has 0 spiro atoms. The fourth-order valence-corrected chi connectivity index (χ4v) is 2.51. The number of nitrogens with zero attached hydrogens (tertiary/aromatic N) is 1. The van der Waals surface area contributed by atoms with Crippen molar-refractivity contribution in [3.05, 3.63) is 46.3 Å². The molecule has 1 aliphatic heterocycles. The van der Waals surface area contributed by atoms with Crippen molar-refractivity contribution in [1.29, 1.82) is 0 Å². The summed E-state index contributed by atoms with van der Waals surface area (Å²) in [5.74, 6) is -2.31. The van der Waals surface area contributed by atoms with Gasteiger partial charge in [-0.25, -0.2) is 9.29 Å². The first-order chi connectivity index (χ1) is 9.50. The Bertz CT molecular complexity index is 679. The molecule has 0 saturated carbocycles. The number of phenolic OH excluding ortho intramolecular Hbond substituents is 1. The van der Waals surface area contributed by atoms with Crippen LogP contribution in [-0.4, -0.2) is 16.9 Å². The highest BCUT2D eigenvalue weighted by atomic mass is 35.5. The van der Waals surface area contributed by atoms with Crippen LogP contribution in [0.4, 0.5) is 10.1 Å². The van der Waals surface area contributed by atoms with Crippen LogP contribution in [0.5, 0.6) is 5.75 Å². The van der Waals surface area contributed by atoms with Crippen LogP contribution >= 0.6 is 11.6 Å². The minimum absolute atomic E-state index is 0.176. The molecule has 20 heavy (non-hydrogen) atoms. The van der Waals surface area contributed by atoms with E-state index >= 15 is 0 Å². The average molecular weight is 294 g/mol. The second-order valence-corrected chi connectivity index (χ2v) is 4.94. The average Bonchev–Trinajstić information content (AvgIpc) is 2.68. The lowest BCUT2D eigenvalue weighted by Gasteiger charge is -2.16. The van der Waals surface area contributed by atoms with Crippen LogP contribution in [0.15, 0.2) is 35.4 Å². The zero-order valence-corrected chi connectivity index (χ0v) is 10.9. The maximum atomic E-state index is 13.9. The number of imide groups is 1. The normalized spacial score (nSPS) is 18.0. The number of hydrogen-bond donors (Lipinski definition) is 1. The fourth-order valence-electron chi connectivity index (χ4n) is 2.36. The summed E-state index contributed by atoms with van der Waals surface area (Å²) in [4.78, 5) is 25.2. The topological polar surface area (TPSA) is 57.6 Å². The largest absolute Gasteiger partial charge is 0.506 e.